The minimum atomic E-state index is -4.75. The largest absolute Gasteiger partial charge is 0.477 e. The molecule has 1 heterocycles. The molecule has 0 saturated heterocycles. The van der Waals surface area contributed by atoms with E-state index in [9.17, 15) is 35.9 Å². The Labute approximate surface area is 163 Å². The zero-order valence-electron chi connectivity index (χ0n) is 14.6. The summed E-state index contributed by atoms with van der Waals surface area (Å²) in [6.45, 7) is -2.94. The van der Waals surface area contributed by atoms with Gasteiger partial charge in [0.15, 0.2) is 18.5 Å². The van der Waals surface area contributed by atoms with Crippen molar-refractivity contribution in [2.24, 2.45) is 0 Å². The van der Waals surface area contributed by atoms with Crippen LogP contribution in [-0.4, -0.2) is 39.2 Å². The van der Waals surface area contributed by atoms with Gasteiger partial charge in [-0.25, -0.2) is 18.5 Å². The van der Waals surface area contributed by atoms with Gasteiger partial charge in [0.05, 0.1) is 5.02 Å². The van der Waals surface area contributed by atoms with E-state index in [2.05, 4.69) is 9.84 Å². The summed E-state index contributed by atoms with van der Waals surface area (Å²) in [5, 5.41) is 3.13. The molecule has 7 nitrogen and oxygen atoms in total. The van der Waals surface area contributed by atoms with Crippen molar-refractivity contribution in [2.75, 3.05) is 6.61 Å². The first-order valence-electron chi connectivity index (χ1n) is 7.67. The van der Waals surface area contributed by atoms with Crippen molar-refractivity contribution in [1.29, 1.82) is 0 Å². The van der Waals surface area contributed by atoms with Crippen LogP contribution in [0.4, 0.5) is 26.3 Å². The average molecular weight is 448 g/mol. The van der Waals surface area contributed by atoms with Crippen molar-refractivity contribution in [2.45, 2.75) is 32.7 Å². The Hall–Kier alpha value is -2.70. The second kappa shape index (κ2) is 8.35. The predicted octanol–water partition coefficient (Wildman–Crippen LogP) is 3.40. The molecule has 0 amide bonds. The number of esters is 1. The lowest BCUT2D eigenvalue weighted by Crippen LogP contribution is -2.30. The smallest absolute Gasteiger partial charge is 0.422 e. The molecule has 1 unspecified atom stereocenters. The minimum absolute atomic E-state index is 0.00566. The number of carbonyl (C=O) groups excluding carboxylic acids is 1. The molecule has 1 aromatic carbocycles. The van der Waals surface area contributed by atoms with Gasteiger partial charge in [-0.2, -0.15) is 26.6 Å². The van der Waals surface area contributed by atoms with Gasteiger partial charge in [-0.3, -0.25) is 0 Å². The van der Waals surface area contributed by atoms with Crippen molar-refractivity contribution in [1.82, 2.24) is 14.3 Å². The normalized spacial score (nSPS) is 12.9. The number of alkyl halides is 5. The Bertz CT molecular complexity index is 972. The van der Waals surface area contributed by atoms with Gasteiger partial charge in [0.1, 0.15) is 17.3 Å². The third-order valence-corrected chi connectivity index (χ3v) is 3.71. The molecule has 0 N–H and O–H groups in total. The number of ether oxygens (including phenoxy) is 2. The molecule has 0 saturated carbocycles. The number of aromatic nitrogens is 3. The lowest BCUT2D eigenvalue weighted by Gasteiger charge is -2.16. The van der Waals surface area contributed by atoms with Crippen LogP contribution in [0.1, 0.15) is 19.3 Å². The lowest BCUT2D eigenvalue weighted by atomic mass is 10.2. The predicted molar refractivity (Wildman–Crippen MR) is 85.9 cm³/mol. The summed E-state index contributed by atoms with van der Waals surface area (Å²) in [6.07, 6.45) is -6.34. The molecule has 1 aromatic heterocycles. The highest BCUT2D eigenvalue weighted by molar-refractivity contribution is 6.32. The highest BCUT2D eigenvalue weighted by Crippen LogP contribution is 2.30. The van der Waals surface area contributed by atoms with Crippen LogP contribution in [0.25, 0.3) is 5.69 Å². The summed E-state index contributed by atoms with van der Waals surface area (Å²) in [5.74, 6) is -3.35. The third-order valence-electron chi connectivity index (χ3n) is 3.42. The van der Waals surface area contributed by atoms with E-state index in [-0.39, 0.29) is 4.57 Å². The topological polar surface area (TPSA) is 75.4 Å². The summed E-state index contributed by atoms with van der Waals surface area (Å²) in [7, 11) is 0. The Balaban J connectivity index is 2.34. The first-order chi connectivity index (χ1) is 13.3. The SMILES string of the molecule is Cc1nn(-c2cc(OC(C)C(=O)OCC(F)(F)F)c(Cl)cc2F)c(=O)n1C(F)F. The molecule has 14 heteroatoms. The fraction of sp³-hybridized carbons (Fsp3) is 0.400. The van der Waals surface area contributed by atoms with Gasteiger partial charge in [0, 0.05) is 6.07 Å². The van der Waals surface area contributed by atoms with E-state index in [1.807, 2.05) is 0 Å². The second-order valence-electron chi connectivity index (χ2n) is 5.61. The molecule has 0 fully saturated rings. The summed E-state index contributed by atoms with van der Waals surface area (Å²) in [5.41, 5.74) is -1.99. The molecule has 0 aliphatic heterocycles. The molecule has 0 aliphatic carbocycles. The van der Waals surface area contributed by atoms with Crippen LogP contribution < -0.4 is 10.4 Å². The standard InChI is InChI=1S/C15H12ClF6N3O4/c1-6(12(26)28-5-15(20,21)22)29-11-4-10(9(17)3-8(11)16)25-14(27)24(13(18)19)7(2)23-25/h3-4,6,13H,5H2,1-2H3. The van der Waals surface area contributed by atoms with Crippen LogP contribution >= 0.6 is 11.6 Å². The molecule has 0 bridgehead atoms. The molecule has 1 atom stereocenters. The number of halogens is 7. The quantitative estimate of drug-likeness (QED) is 0.501. The van der Waals surface area contributed by atoms with Crippen LogP contribution in [0.3, 0.4) is 0 Å². The van der Waals surface area contributed by atoms with Gasteiger partial charge in [-0.15, -0.1) is 5.10 Å². The Morgan fingerprint density at radius 2 is 1.93 bits per heavy atom. The number of hydrogen-bond acceptors (Lipinski definition) is 5. The van der Waals surface area contributed by atoms with Gasteiger partial charge in [-0.05, 0) is 19.9 Å². The minimum Gasteiger partial charge on any atom is -0.477 e. The van der Waals surface area contributed by atoms with E-state index < -0.39 is 65.2 Å². The molecule has 0 aliphatic rings. The summed E-state index contributed by atoms with van der Waals surface area (Å²) < 4.78 is 85.8. The first kappa shape index (κ1) is 22.6. The van der Waals surface area contributed by atoms with Gasteiger partial charge in [0.2, 0.25) is 0 Å². The van der Waals surface area contributed by atoms with E-state index in [0.29, 0.717) is 10.7 Å². The molecule has 0 spiro atoms. The molecule has 2 rings (SSSR count). The maximum Gasteiger partial charge on any atom is 0.422 e. The molecule has 0 radical (unpaired) electrons. The molecular weight excluding hydrogens is 436 g/mol. The van der Waals surface area contributed by atoms with Crippen molar-refractivity contribution in [3.63, 3.8) is 0 Å². The van der Waals surface area contributed by atoms with Crippen molar-refractivity contribution >= 4 is 17.6 Å². The third kappa shape index (κ3) is 5.22. The van der Waals surface area contributed by atoms with Crippen LogP contribution in [0.5, 0.6) is 5.75 Å². The van der Waals surface area contributed by atoms with Crippen molar-refractivity contribution in [3.05, 3.63) is 39.3 Å². The van der Waals surface area contributed by atoms with Gasteiger partial charge in [-0.1, -0.05) is 11.6 Å². The van der Waals surface area contributed by atoms with Crippen LogP contribution in [-0.2, 0) is 9.53 Å². The van der Waals surface area contributed by atoms with E-state index in [1.54, 1.807) is 0 Å². The van der Waals surface area contributed by atoms with E-state index in [1.165, 1.54) is 0 Å². The number of hydrogen-bond donors (Lipinski definition) is 0. The highest BCUT2D eigenvalue weighted by atomic mass is 35.5. The highest BCUT2D eigenvalue weighted by Gasteiger charge is 2.31. The number of benzene rings is 1. The summed E-state index contributed by atoms with van der Waals surface area (Å²) in [4.78, 5) is 23.6. The van der Waals surface area contributed by atoms with Crippen LogP contribution in [0.2, 0.25) is 5.02 Å². The van der Waals surface area contributed by atoms with Gasteiger partial charge < -0.3 is 9.47 Å². The van der Waals surface area contributed by atoms with Gasteiger partial charge >= 0.3 is 24.4 Å². The monoisotopic (exact) mass is 447 g/mol. The summed E-state index contributed by atoms with van der Waals surface area (Å²) in [6, 6.07) is 1.44. The van der Waals surface area contributed by atoms with Crippen molar-refractivity contribution in [3.8, 4) is 11.4 Å². The average Bonchev–Trinajstić information content (AvgIpc) is 2.88. The fourth-order valence-electron chi connectivity index (χ4n) is 2.14. The van der Waals surface area contributed by atoms with E-state index in [4.69, 9.17) is 16.3 Å². The number of carbonyl (C=O) groups is 1. The second-order valence-corrected chi connectivity index (χ2v) is 6.01. The molecule has 160 valence electrons. The van der Waals surface area contributed by atoms with Crippen LogP contribution in [0.15, 0.2) is 16.9 Å². The van der Waals surface area contributed by atoms with E-state index >= 15 is 0 Å². The zero-order chi connectivity index (χ0) is 22.1. The zero-order valence-corrected chi connectivity index (χ0v) is 15.4. The first-order valence-corrected chi connectivity index (χ1v) is 8.05. The maximum absolute atomic E-state index is 14.2. The maximum atomic E-state index is 14.2. The van der Waals surface area contributed by atoms with Crippen LogP contribution in [0, 0.1) is 12.7 Å². The van der Waals surface area contributed by atoms with E-state index in [0.717, 1.165) is 19.9 Å². The van der Waals surface area contributed by atoms with Gasteiger partial charge in [0.25, 0.3) is 0 Å². The number of aryl methyl sites for hydroxylation is 1. The fourth-order valence-corrected chi connectivity index (χ4v) is 2.33. The van der Waals surface area contributed by atoms with Crippen molar-refractivity contribution < 1.29 is 40.6 Å². The Morgan fingerprint density at radius 3 is 2.45 bits per heavy atom. The number of nitrogens with zero attached hydrogens (tertiary/aromatic N) is 3. The molecule has 2 aromatic rings. The molecule has 29 heavy (non-hydrogen) atoms. The lowest BCUT2D eigenvalue weighted by molar-refractivity contribution is -0.190. The molecular formula is C15H12ClF6N3O4. The Kier molecular flexibility index (Phi) is 6.50. The number of rotatable bonds is 6. The Morgan fingerprint density at radius 1 is 1.31 bits per heavy atom. The summed E-state index contributed by atoms with van der Waals surface area (Å²) >= 11 is 5.78.